The summed E-state index contributed by atoms with van der Waals surface area (Å²) >= 11 is 0. The second-order valence-corrected chi connectivity index (χ2v) is 1.10. The van der Waals surface area contributed by atoms with Gasteiger partial charge in [0.25, 0.3) is 0 Å². The maximum absolute atomic E-state index is 2.89. The van der Waals surface area contributed by atoms with E-state index in [1.54, 1.807) is 0 Å². The molecule has 0 aromatic rings. The third-order valence-corrected chi connectivity index (χ3v) is 0.520. The van der Waals surface area contributed by atoms with Crippen LogP contribution in [0.5, 0.6) is 0 Å². The summed E-state index contributed by atoms with van der Waals surface area (Å²) in [5.41, 5.74) is 0. The minimum Gasteiger partial charge on any atom is -0.394 e. The van der Waals surface area contributed by atoms with E-state index in [9.17, 15) is 0 Å². The number of hydrogen-bond acceptors (Lipinski definition) is 1. The molecular formula is C7H17N. The Balaban J connectivity index is 0. The second kappa shape index (κ2) is 16.0. The Morgan fingerprint density at radius 3 is 2.00 bits per heavy atom. The summed E-state index contributed by atoms with van der Waals surface area (Å²) in [4.78, 5) is 0. The molecule has 0 spiro atoms. The number of nitrogens with one attached hydrogen (secondary N) is 1. The Morgan fingerprint density at radius 2 is 1.88 bits per heavy atom. The molecule has 1 heteroatoms. The maximum atomic E-state index is 2.89. The van der Waals surface area contributed by atoms with Gasteiger partial charge in [0.15, 0.2) is 0 Å². The lowest BCUT2D eigenvalue weighted by Gasteiger charge is -1.79. The first-order chi connectivity index (χ1) is 3.91. The van der Waals surface area contributed by atoms with Crippen molar-refractivity contribution in [1.82, 2.24) is 5.32 Å². The van der Waals surface area contributed by atoms with Crippen LogP contribution in [0.4, 0.5) is 0 Å². The molecule has 0 aliphatic rings. The molecule has 0 heterocycles. The van der Waals surface area contributed by atoms with Crippen LogP contribution in [0.25, 0.3) is 0 Å². The van der Waals surface area contributed by atoms with E-state index in [0.29, 0.717) is 0 Å². The first-order valence-corrected chi connectivity index (χ1v) is 3.24. The van der Waals surface area contributed by atoms with Gasteiger partial charge in [0.1, 0.15) is 0 Å². The van der Waals surface area contributed by atoms with Gasteiger partial charge in [0, 0.05) is 7.05 Å². The second-order valence-electron chi connectivity index (χ2n) is 1.10. The molecule has 1 N–H and O–H groups in total. The van der Waals surface area contributed by atoms with Crippen molar-refractivity contribution in [2.24, 2.45) is 0 Å². The molecule has 0 rings (SSSR count). The van der Waals surface area contributed by atoms with Crippen LogP contribution < -0.4 is 5.32 Å². The third-order valence-electron chi connectivity index (χ3n) is 0.520. The van der Waals surface area contributed by atoms with Crippen molar-refractivity contribution in [2.75, 3.05) is 7.05 Å². The Hall–Kier alpha value is -0.460. The lowest BCUT2D eigenvalue weighted by Crippen LogP contribution is -1.89. The molecule has 0 bridgehead atoms. The molecule has 0 saturated heterocycles. The molecule has 50 valence electrons. The highest BCUT2D eigenvalue weighted by Gasteiger charge is 1.57. The highest BCUT2D eigenvalue weighted by atomic mass is 14.8. The van der Waals surface area contributed by atoms with Crippen LogP contribution in [0, 0.1) is 0 Å². The number of rotatable bonds is 2. The lowest BCUT2D eigenvalue weighted by molar-refractivity contribution is 1.07. The lowest BCUT2D eigenvalue weighted by atomic mass is 10.5. The van der Waals surface area contributed by atoms with Gasteiger partial charge in [-0.1, -0.05) is 26.8 Å². The van der Waals surface area contributed by atoms with Crippen LogP contribution in [-0.2, 0) is 0 Å². The standard InChI is InChI=1S/C5H11N.C2H6/c1-3-4-5-6-2;1-2/h4-6H,3H2,1-2H3;1-2H3/b5-4-;. The van der Waals surface area contributed by atoms with E-state index in [1.165, 1.54) is 0 Å². The first-order valence-electron chi connectivity index (χ1n) is 3.24. The van der Waals surface area contributed by atoms with E-state index in [2.05, 4.69) is 18.3 Å². The van der Waals surface area contributed by atoms with Gasteiger partial charge in [0.2, 0.25) is 0 Å². The van der Waals surface area contributed by atoms with Crippen LogP contribution in [0.3, 0.4) is 0 Å². The molecule has 1 nitrogen and oxygen atoms in total. The van der Waals surface area contributed by atoms with E-state index in [4.69, 9.17) is 0 Å². The van der Waals surface area contributed by atoms with Gasteiger partial charge in [-0.25, -0.2) is 0 Å². The maximum Gasteiger partial charge on any atom is 0.00276 e. The van der Waals surface area contributed by atoms with E-state index < -0.39 is 0 Å². The number of hydrogen-bond donors (Lipinski definition) is 1. The van der Waals surface area contributed by atoms with Gasteiger partial charge >= 0.3 is 0 Å². The molecule has 0 unspecified atom stereocenters. The minimum absolute atomic E-state index is 1.11. The molecule has 0 fully saturated rings. The summed E-state index contributed by atoms with van der Waals surface area (Å²) in [6.07, 6.45) is 5.11. The monoisotopic (exact) mass is 115 g/mol. The molecule has 8 heavy (non-hydrogen) atoms. The summed E-state index contributed by atoms with van der Waals surface area (Å²) in [7, 11) is 1.90. The molecule has 0 aromatic carbocycles. The zero-order chi connectivity index (χ0) is 6.83. The first kappa shape index (κ1) is 10.5. The van der Waals surface area contributed by atoms with Crippen LogP contribution in [0.2, 0.25) is 0 Å². The molecule has 0 aromatic heterocycles. The minimum atomic E-state index is 1.11. The predicted octanol–water partition coefficient (Wildman–Crippen LogP) is 2.16. The Bertz CT molecular complexity index is 33.7. The van der Waals surface area contributed by atoms with Crippen molar-refractivity contribution in [3.63, 3.8) is 0 Å². The predicted molar refractivity (Wildman–Crippen MR) is 39.8 cm³/mol. The molecule has 0 radical (unpaired) electrons. The highest BCUT2D eigenvalue weighted by molar-refractivity contribution is 4.74. The smallest absolute Gasteiger partial charge is 0.00276 e. The Labute approximate surface area is 52.8 Å². The SMILES string of the molecule is CC.CC/C=C\NC. The largest absolute Gasteiger partial charge is 0.394 e. The quantitative estimate of drug-likeness (QED) is 0.581. The fraction of sp³-hybridized carbons (Fsp3) is 0.714. The molecule has 0 atom stereocenters. The fourth-order valence-corrected chi connectivity index (χ4v) is 0.236. The molecule has 0 saturated carbocycles. The zero-order valence-electron chi connectivity index (χ0n) is 6.36. The fourth-order valence-electron chi connectivity index (χ4n) is 0.236. The van der Waals surface area contributed by atoms with Crippen molar-refractivity contribution < 1.29 is 0 Å². The average molecular weight is 115 g/mol. The summed E-state index contributed by atoms with van der Waals surface area (Å²) in [5, 5.41) is 2.89. The van der Waals surface area contributed by atoms with Gasteiger partial charge in [-0.2, -0.15) is 0 Å². The Morgan fingerprint density at radius 1 is 1.38 bits per heavy atom. The van der Waals surface area contributed by atoms with E-state index >= 15 is 0 Å². The molecule has 0 amide bonds. The average Bonchev–Trinajstić information content (AvgIpc) is 1.88. The van der Waals surface area contributed by atoms with Crippen molar-refractivity contribution >= 4 is 0 Å². The van der Waals surface area contributed by atoms with Gasteiger partial charge in [-0.15, -0.1) is 0 Å². The van der Waals surface area contributed by atoms with E-state index in [-0.39, 0.29) is 0 Å². The van der Waals surface area contributed by atoms with Gasteiger partial charge in [-0.05, 0) is 12.6 Å². The summed E-state index contributed by atoms with van der Waals surface area (Å²) < 4.78 is 0. The molecule has 0 aliphatic heterocycles. The van der Waals surface area contributed by atoms with Gasteiger partial charge in [-0.3, -0.25) is 0 Å². The summed E-state index contributed by atoms with van der Waals surface area (Å²) in [6.45, 7) is 6.10. The summed E-state index contributed by atoms with van der Waals surface area (Å²) in [6, 6.07) is 0. The van der Waals surface area contributed by atoms with Crippen LogP contribution in [-0.4, -0.2) is 7.05 Å². The Kier molecular flexibility index (Phi) is 21.0. The van der Waals surface area contributed by atoms with E-state index in [0.717, 1.165) is 6.42 Å². The van der Waals surface area contributed by atoms with Crippen LogP contribution in [0.15, 0.2) is 12.3 Å². The molecular weight excluding hydrogens is 98.1 g/mol. The normalized spacial score (nSPS) is 8.00. The third kappa shape index (κ3) is 17.7. The highest BCUT2D eigenvalue weighted by Crippen LogP contribution is 1.72. The van der Waals surface area contributed by atoms with Crippen LogP contribution >= 0.6 is 0 Å². The van der Waals surface area contributed by atoms with Gasteiger partial charge < -0.3 is 5.32 Å². The van der Waals surface area contributed by atoms with Gasteiger partial charge in [0.05, 0.1) is 0 Å². The van der Waals surface area contributed by atoms with Crippen molar-refractivity contribution in [3.8, 4) is 0 Å². The van der Waals surface area contributed by atoms with E-state index in [1.807, 2.05) is 27.1 Å². The van der Waals surface area contributed by atoms with Crippen LogP contribution in [0.1, 0.15) is 27.2 Å². The van der Waals surface area contributed by atoms with Crippen molar-refractivity contribution in [1.29, 1.82) is 0 Å². The molecule has 0 aliphatic carbocycles. The topological polar surface area (TPSA) is 12.0 Å². The van der Waals surface area contributed by atoms with Crippen molar-refractivity contribution in [2.45, 2.75) is 27.2 Å². The zero-order valence-corrected chi connectivity index (χ0v) is 6.36. The number of allylic oxidation sites excluding steroid dienone is 1. The van der Waals surface area contributed by atoms with Crippen molar-refractivity contribution in [3.05, 3.63) is 12.3 Å². The summed E-state index contributed by atoms with van der Waals surface area (Å²) in [5.74, 6) is 0.